The van der Waals surface area contributed by atoms with Crippen molar-refractivity contribution in [1.82, 2.24) is 0 Å². The van der Waals surface area contributed by atoms with Gasteiger partial charge < -0.3 is 4.74 Å². The molecule has 0 aromatic rings. The maximum atomic E-state index is 11.2. The van der Waals surface area contributed by atoms with E-state index >= 15 is 0 Å². The van der Waals surface area contributed by atoms with E-state index in [1.165, 1.54) is 0 Å². The molecular weight excluding hydrogens is 164 g/mol. The SMILES string of the molecule is C=C/C=C/C1C/C(=C\CC)C(=O)O1. The summed E-state index contributed by atoms with van der Waals surface area (Å²) in [6, 6.07) is 0. The first-order chi connectivity index (χ1) is 6.27. The first-order valence-corrected chi connectivity index (χ1v) is 4.47. The third-order valence-corrected chi connectivity index (χ3v) is 1.85. The molecule has 0 amide bonds. The Bertz CT molecular complexity index is 261. The minimum atomic E-state index is -0.180. The Labute approximate surface area is 78.6 Å². The monoisotopic (exact) mass is 178 g/mol. The number of hydrogen-bond donors (Lipinski definition) is 0. The van der Waals surface area contributed by atoms with Crippen LogP contribution in [-0.2, 0) is 9.53 Å². The number of hydrogen-bond acceptors (Lipinski definition) is 2. The molecule has 0 bridgehead atoms. The molecule has 1 aliphatic heterocycles. The van der Waals surface area contributed by atoms with Crippen LogP contribution in [0.2, 0.25) is 0 Å². The molecule has 1 saturated heterocycles. The topological polar surface area (TPSA) is 26.3 Å². The van der Waals surface area contributed by atoms with Crippen LogP contribution in [0.3, 0.4) is 0 Å². The van der Waals surface area contributed by atoms with Crippen LogP contribution < -0.4 is 0 Å². The average molecular weight is 178 g/mol. The van der Waals surface area contributed by atoms with Crippen LogP contribution in [0.15, 0.2) is 36.5 Å². The smallest absolute Gasteiger partial charge is 0.334 e. The number of ether oxygens (including phenoxy) is 1. The van der Waals surface area contributed by atoms with Gasteiger partial charge >= 0.3 is 5.97 Å². The second-order valence-corrected chi connectivity index (χ2v) is 2.91. The predicted octanol–water partition coefficient (Wildman–Crippen LogP) is 2.38. The zero-order valence-electron chi connectivity index (χ0n) is 7.82. The highest BCUT2D eigenvalue weighted by Gasteiger charge is 2.25. The summed E-state index contributed by atoms with van der Waals surface area (Å²) in [5.41, 5.74) is 0.793. The van der Waals surface area contributed by atoms with Gasteiger partial charge in [0.15, 0.2) is 0 Å². The molecule has 0 saturated carbocycles. The Hall–Kier alpha value is -1.31. The third kappa shape index (κ3) is 2.58. The van der Waals surface area contributed by atoms with Crippen molar-refractivity contribution in [3.8, 4) is 0 Å². The van der Waals surface area contributed by atoms with Gasteiger partial charge in [0.05, 0.1) is 0 Å². The molecule has 1 unspecified atom stereocenters. The van der Waals surface area contributed by atoms with E-state index in [-0.39, 0.29) is 12.1 Å². The lowest BCUT2D eigenvalue weighted by atomic mass is 10.1. The Kier molecular flexibility index (Phi) is 3.50. The van der Waals surface area contributed by atoms with Gasteiger partial charge in [-0.1, -0.05) is 31.7 Å². The molecule has 0 radical (unpaired) electrons. The summed E-state index contributed by atoms with van der Waals surface area (Å²) in [4.78, 5) is 11.2. The normalized spacial score (nSPS) is 25.5. The van der Waals surface area contributed by atoms with Gasteiger partial charge in [-0.05, 0) is 12.5 Å². The molecule has 1 heterocycles. The standard InChI is InChI=1S/C11H14O2/c1-3-5-7-10-8-9(6-4-2)11(12)13-10/h3,5-7,10H,1,4,8H2,2H3/b7-5+,9-6+. The zero-order chi connectivity index (χ0) is 9.68. The Morgan fingerprint density at radius 2 is 2.46 bits per heavy atom. The molecule has 0 aliphatic carbocycles. The van der Waals surface area contributed by atoms with Crippen LogP contribution in [0, 0.1) is 0 Å². The van der Waals surface area contributed by atoms with Gasteiger partial charge in [0, 0.05) is 12.0 Å². The number of carbonyl (C=O) groups is 1. The molecule has 0 aromatic heterocycles. The van der Waals surface area contributed by atoms with Crippen LogP contribution in [0.5, 0.6) is 0 Å². The number of carbonyl (C=O) groups excluding carboxylic acids is 1. The fourth-order valence-electron chi connectivity index (χ4n) is 1.28. The highest BCUT2D eigenvalue weighted by atomic mass is 16.5. The highest BCUT2D eigenvalue weighted by Crippen LogP contribution is 2.21. The summed E-state index contributed by atoms with van der Waals surface area (Å²) in [6.45, 7) is 5.56. The molecule has 2 nitrogen and oxygen atoms in total. The molecule has 0 aromatic carbocycles. The van der Waals surface area contributed by atoms with Gasteiger partial charge in [-0.3, -0.25) is 0 Å². The van der Waals surface area contributed by atoms with Gasteiger partial charge in [-0.25, -0.2) is 4.79 Å². The van der Waals surface area contributed by atoms with Crippen LogP contribution in [0.4, 0.5) is 0 Å². The molecule has 1 rings (SSSR count). The summed E-state index contributed by atoms with van der Waals surface area (Å²) in [5.74, 6) is -0.180. The minimum absolute atomic E-state index is 0.0942. The summed E-state index contributed by atoms with van der Waals surface area (Å²) in [7, 11) is 0. The van der Waals surface area contributed by atoms with Crippen LogP contribution in [0.25, 0.3) is 0 Å². The molecule has 1 fully saturated rings. The number of rotatable bonds is 3. The lowest BCUT2D eigenvalue weighted by Crippen LogP contribution is -2.01. The van der Waals surface area contributed by atoms with Crippen molar-refractivity contribution in [3.63, 3.8) is 0 Å². The number of esters is 1. The zero-order valence-corrected chi connectivity index (χ0v) is 7.82. The van der Waals surface area contributed by atoms with Crippen molar-refractivity contribution in [2.45, 2.75) is 25.9 Å². The second-order valence-electron chi connectivity index (χ2n) is 2.91. The largest absolute Gasteiger partial charge is 0.454 e. The second kappa shape index (κ2) is 4.65. The summed E-state index contributed by atoms with van der Waals surface area (Å²) >= 11 is 0. The molecule has 0 N–H and O–H groups in total. The maximum absolute atomic E-state index is 11.2. The number of cyclic esters (lactones) is 1. The Morgan fingerprint density at radius 1 is 1.69 bits per heavy atom. The average Bonchev–Trinajstić information content (AvgIpc) is 2.45. The van der Waals surface area contributed by atoms with E-state index in [4.69, 9.17) is 4.74 Å². The lowest BCUT2D eigenvalue weighted by Gasteiger charge is -1.98. The van der Waals surface area contributed by atoms with Crippen LogP contribution in [-0.4, -0.2) is 12.1 Å². The summed E-state index contributed by atoms with van der Waals surface area (Å²) in [5, 5.41) is 0. The van der Waals surface area contributed by atoms with Crippen molar-refractivity contribution in [2.75, 3.05) is 0 Å². The molecule has 70 valence electrons. The van der Waals surface area contributed by atoms with E-state index in [0.717, 1.165) is 12.0 Å². The van der Waals surface area contributed by atoms with Crippen molar-refractivity contribution < 1.29 is 9.53 Å². The molecular formula is C11H14O2. The molecule has 2 heteroatoms. The van der Waals surface area contributed by atoms with E-state index in [0.29, 0.717) is 6.42 Å². The van der Waals surface area contributed by atoms with E-state index in [2.05, 4.69) is 6.58 Å². The van der Waals surface area contributed by atoms with Gasteiger partial charge in [0.1, 0.15) is 6.10 Å². The highest BCUT2D eigenvalue weighted by molar-refractivity contribution is 5.90. The van der Waals surface area contributed by atoms with Gasteiger partial charge in [0.25, 0.3) is 0 Å². The van der Waals surface area contributed by atoms with E-state index < -0.39 is 0 Å². The van der Waals surface area contributed by atoms with Crippen molar-refractivity contribution in [1.29, 1.82) is 0 Å². The molecule has 1 aliphatic rings. The van der Waals surface area contributed by atoms with E-state index in [9.17, 15) is 4.79 Å². The van der Waals surface area contributed by atoms with Gasteiger partial charge in [-0.2, -0.15) is 0 Å². The van der Waals surface area contributed by atoms with Crippen molar-refractivity contribution in [3.05, 3.63) is 36.5 Å². The van der Waals surface area contributed by atoms with E-state index in [1.54, 1.807) is 12.2 Å². The fourth-order valence-corrected chi connectivity index (χ4v) is 1.28. The summed E-state index contributed by atoms with van der Waals surface area (Å²) in [6.07, 6.45) is 8.72. The Morgan fingerprint density at radius 3 is 3.08 bits per heavy atom. The van der Waals surface area contributed by atoms with Crippen LogP contribution in [0.1, 0.15) is 19.8 Å². The fraction of sp³-hybridized carbons (Fsp3) is 0.364. The van der Waals surface area contributed by atoms with E-state index in [1.807, 2.05) is 19.1 Å². The molecule has 0 spiro atoms. The molecule has 1 atom stereocenters. The third-order valence-electron chi connectivity index (χ3n) is 1.85. The minimum Gasteiger partial charge on any atom is -0.454 e. The van der Waals surface area contributed by atoms with Crippen molar-refractivity contribution >= 4 is 5.97 Å². The first-order valence-electron chi connectivity index (χ1n) is 4.47. The lowest BCUT2D eigenvalue weighted by molar-refractivity contribution is -0.137. The van der Waals surface area contributed by atoms with Crippen molar-refractivity contribution in [2.24, 2.45) is 0 Å². The predicted molar refractivity (Wildman–Crippen MR) is 52.2 cm³/mol. The first kappa shape index (κ1) is 9.78. The van der Waals surface area contributed by atoms with Gasteiger partial charge in [-0.15, -0.1) is 0 Å². The van der Waals surface area contributed by atoms with Crippen LogP contribution >= 0.6 is 0 Å². The quantitative estimate of drug-likeness (QED) is 0.377. The maximum Gasteiger partial charge on any atom is 0.334 e. The Balaban J connectivity index is 2.60. The van der Waals surface area contributed by atoms with Gasteiger partial charge in [0.2, 0.25) is 0 Å². The summed E-state index contributed by atoms with van der Waals surface area (Å²) < 4.78 is 5.09. The molecule has 13 heavy (non-hydrogen) atoms. The number of allylic oxidation sites excluding steroid dienone is 3.